The Morgan fingerprint density at radius 3 is 2.44 bits per heavy atom. The second kappa shape index (κ2) is 11.2. The van der Waals surface area contributed by atoms with Crippen molar-refractivity contribution in [2.45, 2.75) is 26.7 Å². The number of nitrogens with zero attached hydrogens (tertiary/aromatic N) is 1. The van der Waals surface area contributed by atoms with Crippen LogP contribution in [0.4, 0.5) is 5.69 Å². The Morgan fingerprint density at radius 2 is 1.75 bits per heavy atom. The average molecular weight is 445 g/mol. The van der Waals surface area contributed by atoms with Crippen LogP contribution in [0.5, 0.6) is 5.75 Å². The molecule has 1 N–H and O–H groups in total. The van der Waals surface area contributed by atoms with E-state index in [1.54, 1.807) is 6.08 Å². The monoisotopic (exact) mass is 444 g/mol. The van der Waals surface area contributed by atoms with Gasteiger partial charge in [0, 0.05) is 17.1 Å². The summed E-state index contributed by atoms with van der Waals surface area (Å²) in [5.74, 6) is 0.265. The molecule has 0 aliphatic heterocycles. The Hall–Kier alpha value is -3.55. The summed E-state index contributed by atoms with van der Waals surface area (Å²) in [5, 5.41) is 13.1. The van der Waals surface area contributed by atoms with E-state index in [1.165, 1.54) is 0 Å². The molecule has 0 radical (unpaired) electrons. The van der Waals surface area contributed by atoms with E-state index in [0.717, 1.165) is 23.1 Å². The number of para-hydroxylation sites is 1. The van der Waals surface area contributed by atoms with E-state index in [1.807, 2.05) is 86.6 Å². The van der Waals surface area contributed by atoms with Gasteiger partial charge in [-0.15, -0.1) is 0 Å². The smallest absolute Gasteiger partial charge is 0.266 e. The van der Waals surface area contributed by atoms with Gasteiger partial charge < -0.3 is 10.1 Å². The summed E-state index contributed by atoms with van der Waals surface area (Å²) >= 11 is 6.31. The van der Waals surface area contributed by atoms with Crippen LogP contribution < -0.4 is 10.1 Å². The number of nitrogens with one attached hydrogen (secondary N) is 1. The minimum absolute atomic E-state index is 0.0252. The van der Waals surface area contributed by atoms with Crippen molar-refractivity contribution in [3.8, 4) is 11.8 Å². The molecule has 0 atom stereocenters. The lowest BCUT2D eigenvalue weighted by Gasteiger charge is -2.13. The average Bonchev–Trinajstić information content (AvgIpc) is 2.80. The van der Waals surface area contributed by atoms with Gasteiger partial charge >= 0.3 is 0 Å². The van der Waals surface area contributed by atoms with Crippen LogP contribution in [0.2, 0.25) is 5.02 Å². The predicted octanol–water partition coefficient (Wildman–Crippen LogP) is 6.44. The minimum atomic E-state index is -0.438. The van der Waals surface area contributed by atoms with Crippen LogP contribution in [0, 0.1) is 11.3 Å². The second-order valence-corrected chi connectivity index (χ2v) is 7.61. The number of anilines is 1. The molecule has 0 aliphatic rings. The lowest BCUT2D eigenvalue weighted by molar-refractivity contribution is -0.112. The fourth-order valence-electron chi connectivity index (χ4n) is 3.40. The Bertz CT molecular complexity index is 1180. The quantitative estimate of drug-likeness (QED) is 0.321. The number of aryl methyl sites for hydroxylation is 1. The molecule has 4 nitrogen and oxygen atoms in total. The van der Waals surface area contributed by atoms with Gasteiger partial charge in [0.25, 0.3) is 5.91 Å². The summed E-state index contributed by atoms with van der Waals surface area (Å²) in [5.41, 5.74) is 4.46. The SMILES string of the molecule is CCOc1cc(/C=C(\C#N)C(=O)Nc2ccccc2CC)ccc1Cc1ccccc1Cl. The van der Waals surface area contributed by atoms with Crippen molar-refractivity contribution in [2.75, 3.05) is 11.9 Å². The van der Waals surface area contributed by atoms with Gasteiger partial charge in [-0.3, -0.25) is 4.79 Å². The molecule has 0 bridgehead atoms. The topological polar surface area (TPSA) is 62.1 Å². The third-order valence-corrected chi connectivity index (χ3v) is 5.42. The molecule has 3 aromatic carbocycles. The van der Waals surface area contributed by atoms with E-state index in [9.17, 15) is 10.1 Å². The van der Waals surface area contributed by atoms with Gasteiger partial charge in [0.15, 0.2) is 0 Å². The second-order valence-electron chi connectivity index (χ2n) is 7.20. The maximum Gasteiger partial charge on any atom is 0.266 e. The number of halogens is 1. The van der Waals surface area contributed by atoms with E-state index in [-0.39, 0.29) is 5.57 Å². The van der Waals surface area contributed by atoms with Crippen molar-refractivity contribution in [3.63, 3.8) is 0 Å². The van der Waals surface area contributed by atoms with Crippen molar-refractivity contribution in [3.05, 3.63) is 99.6 Å². The molecular weight excluding hydrogens is 420 g/mol. The molecule has 3 rings (SSSR count). The normalized spacial score (nSPS) is 11.0. The lowest BCUT2D eigenvalue weighted by Crippen LogP contribution is -2.14. The first-order valence-corrected chi connectivity index (χ1v) is 10.9. The number of amides is 1. The zero-order valence-electron chi connectivity index (χ0n) is 18.2. The summed E-state index contributed by atoms with van der Waals surface area (Å²) in [6, 6.07) is 23.0. The molecule has 0 fully saturated rings. The van der Waals surface area contributed by atoms with Crippen LogP contribution in [0.25, 0.3) is 6.08 Å². The molecule has 5 heteroatoms. The van der Waals surface area contributed by atoms with Crippen LogP contribution in [0.15, 0.2) is 72.3 Å². The standard InChI is InChI=1S/C27H25ClN2O2/c1-3-20-9-6-8-12-25(20)30-27(31)23(18-29)15-19-13-14-22(26(16-19)32-4-2)17-21-10-5-7-11-24(21)28/h5-16H,3-4,17H2,1-2H3,(H,30,31)/b23-15+. The number of hydrogen-bond acceptors (Lipinski definition) is 3. The number of benzene rings is 3. The van der Waals surface area contributed by atoms with Gasteiger partial charge in [0.05, 0.1) is 6.61 Å². The van der Waals surface area contributed by atoms with E-state index in [0.29, 0.717) is 35.1 Å². The van der Waals surface area contributed by atoms with Gasteiger partial charge in [0.2, 0.25) is 0 Å². The first-order valence-electron chi connectivity index (χ1n) is 10.6. The van der Waals surface area contributed by atoms with Gasteiger partial charge in [-0.1, -0.05) is 67.1 Å². The minimum Gasteiger partial charge on any atom is -0.494 e. The third-order valence-electron chi connectivity index (χ3n) is 5.05. The largest absolute Gasteiger partial charge is 0.494 e. The fourth-order valence-corrected chi connectivity index (χ4v) is 3.60. The summed E-state index contributed by atoms with van der Waals surface area (Å²) in [7, 11) is 0. The molecule has 162 valence electrons. The molecular formula is C27H25ClN2O2. The molecule has 1 amide bonds. The first kappa shape index (κ1) is 23.1. The Labute approximate surface area is 194 Å². The van der Waals surface area contributed by atoms with Crippen molar-refractivity contribution in [1.82, 2.24) is 0 Å². The van der Waals surface area contributed by atoms with Crippen molar-refractivity contribution in [2.24, 2.45) is 0 Å². The molecule has 0 spiro atoms. The zero-order chi connectivity index (χ0) is 22.9. The lowest BCUT2D eigenvalue weighted by atomic mass is 10.0. The van der Waals surface area contributed by atoms with Crippen LogP contribution in [0.1, 0.15) is 36.1 Å². The highest BCUT2D eigenvalue weighted by atomic mass is 35.5. The van der Waals surface area contributed by atoms with E-state index in [4.69, 9.17) is 16.3 Å². The maximum absolute atomic E-state index is 12.7. The molecule has 0 unspecified atom stereocenters. The summed E-state index contributed by atoms with van der Waals surface area (Å²) < 4.78 is 5.84. The fraction of sp³-hybridized carbons (Fsp3) is 0.185. The van der Waals surface area contributed by atoms with E-state index in [2.05, 4.69) is 5.32 Å². The Kier molecular flexibility index (Phi) is 8.08. The highest BCUT2D eigenvalue weighted by Crippen LogP contribution is 2.27. The molecule has 0 aromatic heterocycles. The van der Waals surface area contributed by atoms with Gasteiger partial charge in [-0.05, 0) is 59.9 Å². The molecule has 3 aromatic rings. The number of carbonyl (C=O) groups excluding carboxylic acids is 1. The molecule has 0 aliphatic carbocycles. The van der Waals surface area contributed by atoms with Gasteiger partial charge in [-0.2, -0.15) is 5.26 Å². The highest BCUT2D eigenvalue weighted by Gasteiger charge is 2.13. The number of nitriles is 1. The summed E-state index contributed by atoms with van der Waals surface area (Å²) in [6.07, 6.45) is 2.98. The van der Waals surface area contributed by atoms with Crippen LogP contribution in [-0.4, -0.2) is 12.5 Å². The Morgan fingerprint density at radius 1 is 1.03 bits per heavy atom. The zero-order valence-corrected chi connectivity index (χ0v) is 18.9. The first-order chi connectivity index (χ1) is 15.5. The van der Waals surface area contributed by atoms with Crippen LogP contribution >= 0.6 is 11.6 Å². The van der Waals surface area contributed by atoms with Crippen molar-refractivity contribution in [1.29, 1.82) is 5.26 Å². The summed E-state index contributed by atoms with van der Waals surface area (Å²) in [6.45, 7) is 4.44. The highest BCUT2D eigenvalue weighted by molar-refractivity contribution is 6.31. The number of rotatable bonds is 8. The van der Waals surface area contributed by atoms with Crippen LogP contribution in [0.3, 0.4) is 0 Å². The molecule has 0 saturated carbocycles. The Balaban J connectivity index is 1.87. The van der Waals surface area contributed by atoms with Crippen LogP contribution in [-0.2, 0) is 17.6 Å². The maximum atomic E-state index is 12.7. The third kappa shape index (κ3) is 5.78. The predicted molar refractivity (Wildman–Crippen MR) is 130 cm³/mol. The number of carbonyl (C=O) groups is 1. The van der Waals surface area contributed by atoms with Gasteiger partial charge in [-0.25, -0.2) is 0 Å². The summed E-state index contributed by atoms with van der Waals surface area (Å²) in [4.78, 5) is 12.7. The van der Waals surface area contributed by atoms with E-state index >= 15 is 0 Å². The van der Waals surface area contributed by atoms with Crippen molar-refractivity contribution < 1.29 is 9.53 Å². The number of ether oxygens (including phenoxy) is 1. The van der Waals surface area contributed by atoms with Crippen molar-refractivity contribution >= 4 is 29.3 Å². The van der Waals surface area contributed by atoms with E-state index < -0.39 is 5.91 Å². The molecule has 0 heterocycles. The molecule has 32 heavy (non-hydrogen) atoms. The molecule has 0 saturated heterocycles. The number of hydrogen-bond donors (Lipinski definition) is 1. The van der Waals surface area contributed by atoms with Gasteiger partial charge in [0.1, 0.15) is 17.4 Å².